The van der Waals surface area contributed by atoms with Crippen molar-refractivity contribution in [2.75, 3.05) is 18.9 Å². The molecule has 1 amide bonds. The number of amides is 1. The number of hydrogen-bond donors (Lipinski definition) is 0. The van der Waals surface area contributed by atoms with Crippen molar-refractivity contribution in [1.82, 2.24) is 4.90 Å². The summed E-state index contributed by atoms with van der Waals surface area (Å²) in [6.07, 6.45) is 3.86. The minimum atomic E-state index is -0.0628. The lowest BCUT2D eigenvalue weighted by atomic mass is 10.2. The molecule has 0 atom stereocenters. The number of thioether (sulfide) groups is 1. The van der Waals surface area contributed by atoms with Gasteiger partial charge in [-0.05, 0) is 17.2 Å². The van der Waals surface area contributed by atoms with Gasteiger partial charge in [-0.2, -0.15) is 0 Å². The van der Waals surface area contributed by atoms with E-state index in [1.165, 1.54) is 11.8 Å². The van der Waals surface area contributed by atoms with Gasteiger partial charge in [0.05, 0.1) is 0 Å². The number of benzene rings is 2. The Balaban J connectivity index is 1.52. The summed E-state index contributed by atoms with van der Waals surface area (Å²) in [5.41, 5.74) is 2.23. The lowest BCUT2D eigenvalue weighted by molar-refractivity contribution is -0.124. The Morgan fingerprint density at radius 1 is 1.08 bits per heavy atom. The topological polar surface area (TPSA) is 41.9 Å². The van der Waals surface area contributed by atoms with Crippen LogP contribution in [0, 0.1) is 0 Å². The van der Waals surface area contributed by atoms with Crippen LogP contribution in [0.3, 0.4) is 0 Å². The van der Waals surface area contributed by atoms with E-state index in [-0.39, 0.29) is 5.91 Å². The van der Waals surface area contributed by atoms with E-state index in [9.17, 15) is 4.79 Å². The highest BCUT2D eigenvalue weighted by Crippen LogP contribution is 2.17. The summed E-state index contributed by atoms with van der Waals surface area (Å²) >= 11 is 1.45. The third kappa shape index (κ3) is 5.22. The van der Waals surface area contributed by atoms with Crippen LogP contribution in [-0.4, -0.2) is 34.8 Å². The van der Waals surface area contributed by atoms with Gasteiger partial charge in [-0.15, -0.1) is 0 Å². The van der Waals surface area contributed by atoms with Crippen LogP contribution in [0.2, 0.25) is 0 Å². The second-order valence-electron chi connectivity index (χ2n) is 5.57. The summed E-state index contributed by atoms with van der Waals surface area (Å²) in [5, 5.41) is 4.45. The fourth-order valence-corrected chi connectivity index (χ4v) is 3.32. The van der Waals surface area contributed by atoms with Crippen molar-refractivity contribution >= 4 is 28.8 Å². The Morgan fingerprint density at radius 3 is 2.56 bits per heavy atom. The third-order valence-electron chi connectivity index (χ3n) is 3.71. The number of carbonyl (C=O) groups is 1. The molecule has 1 saturated heterocycles. The molecule has 1 aliphatic heterocycles. The monoisotopic (exact) mass is 352 g/mol. The first kappa shape index (κ1) is 17.3. The molecule has 25 heavy (non-hydrogen) atoms. The standard InChI is InChI=1S/C20H20N2O2S/c23-20-19(21-24-14-7-12-17-8-3-1-4-9-17)25-15-13-22(20)16-18-10-5-2-6-11-18/h1-12H,13-16H2. The third-order valence-corrected chi connectivity index (χ3v) is 4.62. The molecule has 0 aliphatic carbocycles. The molecule has 5 heteroatoms. The van der Waals surface area contributed by atoms with Crippen LogP contribution in [0.5, 0.6) is 0 Å². The zero-order chi connectivity index (χ0) is 17.3. The van der Waals surface area contributed by atoms with Crippen LogP contribution >= 0.6 is 11.8 Å². The molecule has 4 nitrogen and oxygen atoms in total. The van der Waals surface area contributed by atoms with E-state index in [0.29, 0.717) is 18.2 Å². The fraction of sp³-hybridized carbons (Fsp3) is 0.200. The van der Waals surface area contributed by atoms with E-state index >= 15 is 0 Å². The predicted molar refractivity (Wildman–Crippen MR) is 103 cm³/mol. The second kappa shape index (κ2) is 9.08. The molecule has 2 aromatic rings. The smallest absolute Gasteiger partial charge is 0.282 e. The first-order valence-electron chi connectivity index (χ1n) is 8.20. The molecule has 0 saturated carbocycles. The number of oxime groups is 1. The molecule has 0 N–H and O–H groups in total. The maximum atomic E-state index is 12.5. The minimum absolute atomic E-state index is 0.0628. The van der Waals surface area contributed by atoms with E-state index in [1.807, 2.05) is 77.7 Å². The Labute approximate surface area is 152 Å². The molecule has 0 bridgehead atoms. The average Bonchev–Trinajstić information content (AvgIpc) is 2.66. The number of nitrogens with zero attached hydrogens (tertiary/aromatic N) is 2. The highest BCUT2D eigenvalue weighted by atomic mass is 32.2. The van der Waals surface area contributed by atoms with Gasteiger partial charge < -0.3 is 9.74 Å². The number of rotatable bonds is 6. The van der Waals surface area contributed by atoms with Gasteiger partial charge >= 0.3 is 0 Å². The second-order valence-corrected chi connectivity index (χ2v) is 6.65. The van der Waals surface area contributed by atoms with Crippen molar-refractivity contribution in [3.8, 4) is 0 Å². The molecule has 1 aliphatic rings. The number of carbonyl (C=O) groups excluding carboxylic acids is 1. The van der Waals surface area contributed by atoms with Crippen LogP contribution in [-0.2, 0) is 16.2 Å². The van der Waals surface area contributed by atoms with Gasteiger partial charge in [0.25, 0.3) is 5.91 Å². The van der Waals surface area contributed by atoms with Gasteiger partial charge in [0.2, 0.25) is 5.04 Å². The summed E-state index contributed by atoms with van der Waals surface area (Å²) < 4.78 is 0. The molecule has 1 heterocycles. The molecule has 0 radical (unpaired) electrons. The fourth-order valence-electron chi connectivity index (χ4n) is 2.46. The largest absolute Gasteiger partial charge is 0.390 e. The van der Waals surface area contributed by atoms with Gasteiger partial charge in [-0.25, -0.2) is 0 Å². The van der Waals surface area contributed by atoms with Crippen LogP contribution in [0.15, 0.2) is 71.9 Å². The van der Waals surface area contributed by atoms with E-state index < -0.39 is 0 Å². The molecule has 1 fully saturated rings. The number of hydrogen-bond acceptors (Lipinski definition) is 4. The van der Waals surface area contributed by atoms with E-state index in [0.717, 1.165) is 23.4 Å². The zero-order valence-electron chi connectivity index (χ0n) is 13.9. The average molecular weight is 352 g/mol. The summed E-state index contributed by atoms with van der Waals surface area (Å²) in [5.74, 6) is 0.771. The van der Waals surface area contributed by atoms with E-state index in [2.05, 4.69) is 5.16 Å². The summed E-state index contributed by atoms with van der Waals surface area (Å²) in [6, 6.07) is 20.0. The van der Waals surface area contributed by atoms with Crippen LogP contribution in [0.4, 0.5) is 0 Å². The summed E-state index contributed by atoms with van der Waals surface area (Å²) in [4.78, 5) is 19.6. The Hall–Kier alpha value is -2.53. The zero-order valence-corrected chi connectivity index (χ0v) is 14.7. The van der Waals surface area contributed by atoms with Crippen LogP contribution in [0.1, 0.15) is 11.1 Å². The highest BCUT2D eigenvalue weighted by Gasteiger charge is 2.26. The van der Waals surface area contributed by atoms with Crippen molar-refractivity contribution in [2.45, 2.75) is 6.54 Å². The summed E-state index contributed by atoms with van der Waals surface area (Å²) in [6.45, 7) is 1.67. The van der Waals surface area contributed by atoms with E-state index in [4.69, 9.17) is 4.84 Å². The van der Waals surface area contributed by atoms with Crippen molar-refractivity contribution < 1.29 is 9.63 Å². The molecular weight excluding hydrogens is 332 g/mol. The first-order chi connectivity index (χ1) is 12.3. The summed E-state index contributed by atoms with van der Waals surface area (Å²) in [7, 11) is 0. The van der Waals surface area contributed by atoms with Crippen LogP contribution < -0.4 is 0 Å². The SMILES string of the molecule is O=C1C(=NOCC=Cc2ccccc2)SCCN1Cc1ccccc1. The molecule has 0 spiro atoms. The Morgan fingerprint density at radius 2 is 1.80 bits per heavy atom. The van der Waals surface area contributed by atoms with E-state index in [1.54, 1.807) is 0 Å². The Bertz CT molecular complexity index is 745. The predicted octanol–water partition coefficient (Wildman–Crippen LogP) is 3.81. The van der Waals surface area contributed by atoms with Gasteiger partial charge in [0, 0.05) is 18.8 Å². The first-order valence-corrected chi connectivity index (χ1v) is 9.19. The maximum Gasteiger partial charge on any atom is 0.282 e. The van der Waals surface area contributed by atoms with Crippen molar-refractivity contribution in [3.63, 3.8) is 0 Å². The van der Waals surface area contributed by atoms with Gasteiger partial charge in [0.1, 0.15) is 6.61 Å². The molecular formula is C20H20N2O2S. The lowest BCUT2D eigenvalue weighted by Gasteiger charge is -2.26. The minimum Gasteiger partial charge on any atom is -0.390 e. The molecule has 0 unspecified atom stereocenters. The van der Waals surface area contributed by atoms with Gasteiger partial charge in [-0.3, -0.25) is 4.79 Å². The molecule has 128 valence electrons. The van der Waals surface area contributed by atoms with Crippen molar-refractivity contribution in [2.24, 2.45) is 5.16 Å². The van der Waals surface area contributed by atoms with Crippen molar-refractivity contribution in [1.29, 1.82) is 0 Å². The lowest BCUT2D eigenvalue weighted by Crippen LogP contribution is -2.40. The normalized spacial score (nSPS) is 16.6. The van der Waals surface area contributed by atoms with Crippen LogP contribution in [0.25, 0.3) is 6.08 Å². The molecule has 0 aromatic heterocycles. The Kier molecular flexibility index (Phi) is 6.29. The van der Waals surface area contributed by atoms with Gasteiger partial charge in [0.15, 0.2) is 0 Å². The molecule has 2 aromatic carbocycles. The maximum absolute atomic E-state index is 12.5. The quantitative estimate of drug-likeness (QED) is 0.586. The van der Waals surface area contributed by atoms with Crippen molar-refractivity contribution in [3.05, 3.63) is 77.9 Å². The molecule has 3 rings (SSSR count). The van der Waals surface area contributed by atoms with Gasteiger partial charge in [-0.1, -0.05) is 83.7 Å². The highest BCUT2D eigenvalue weighted by molar-refractivity contribution is 8.15.